The molecule has 0 aliphatic rings. The van der Waals surface area contributed by atoms with Crippen LogP contribution in [-0.4, -0.2) is 33.5 Å². The second-order valence-electron chi connectivity index (χ2n) is 2.29. The molecule has 64 valence electrons. The number of hydrogen-bond donors (Lipinski definition) is 3. The summed E-state index contributed by atoms with van der Waals surface area (Å²) in [5, 5.41) is 26.0. The maximum absolute atomic E-state index is 10.0. The molecule has 4 nitrogen and oxygen atoms in total. The van der Waals surface area contributed by atoms with E-state index in [1.165, 1.54) is 6.08 Å². The van der Waals surface area contributed by atoms with Gasteiger partial charge in [-0.05, 0) is 0 Å². The molecule has 0 fully saturated rings. The van der Waals surface area contributed by atoms with E-state index in [4.69, 9.17) is 15.3 Å². The molecule has 2 unspecified atom stereocenters. The third-order valence-corrected chi connectivity index (χ3v) is 1.20. The Morgan fingerprint density at radius 2 is 2.09 bits per heavy atom. The number of carbonyl (C=O) groups is 1. The maximum Gasteiger partial charge on any atom is 0.305 e. The molecule has 0 saturated heterocycles. The van der Waals surface area contributed by atoms with Gasteiger partial charge in [-0.15, -0.1) is 6.58 Å². The molecule has 11 heavy (non-hydrogen) atoms. The Morgan fingerprint density at radius 3 is 2.45 bits per heavy atom. The zero-order valence-electron chi connectivity index (χ0n) is 6.10. The molecule has 2 atom stereocenters. The van der Waals surface area contributed by atoms with E-state index in [2.05, 4.69) is 6.58 Å². The highest BCUT2D eigenvalue weighted by Gasteiger charge is 2.12. The number of aliphatic hydroxyl groups is 2. The largest absolute Gasteiger partial charge is 0.481 e. The first kappa shape index (κ1) is 10.1. The fourth-order valence-corrected chi connectivity index (χ4v) is 0.660. The fraction of sp³-hybridized carbons (Fsp3) is 0.571. The molecule has 0 aliphatic carbocycles. The van der Waals surface area contributed by atoms with E-state index in [0.717, 1.165) is 0 Å². The van der Waals surface area contributed by atoms with E-state index in [0.29, 0.717) is 0 Å². The van der Waals surface area contributed by atoms with Gasteiger partial charge in [0.05, 0.1) is 18.6 Å². The number of aliphatic hydroxyl groups excluding tert-OH is 2. The summed E-state index contributed by atoms with van der Waals surface area (Å²) in [4.78, 5) is 10.0. The van der Waals surface area contributed by atoms with Crippen LogP contribution in [0.2, 0.25) is 0 Å². The summed E-state index contributed by atoms with van der Waals surface area (Å²) >= 11 is 0. The molecule has 0 saturated carbocycles. The lowest BCUT2D eigenvalue weighted by Gasteiger charge is -2.09. The second kappa shape index (κ2) is 4.87. The van der Waals surface area contributed by atoms with E-state index in [9.17, 15) is 4.79 Å². The number of rotatable bonds is 5. The third kappa shape index (κ3) is 5.57. The van der Waals surface area contributed by atoms with E-state index in [1.54, 1.807) is 0 Å². The van der Waals surface area contributed by atoms with Crippen LogP contribution < -0.4 is 0 Å². The Bertz CT molecular complexity index is 143. The van der Waals surface area contributed by atoms with Crippen LogP contribution in [0.1, 0.15) is 12.8 Å². The highest BCUT2D eigenvalue weighted by atomic mass is 16.4. The van der Waals surface area contributed by atoms with Crippen molar-refractivity contribution in [1.29, 1.82) is 0 Å². The van der Waals surface area contributed by atoms with Crippen molar-refractivity contribution >= 4 is 5.97 Å². The summed E-state index contributed by atoms with van der Waals surface area (Å²) in [5.74, 6) is -1.08. The minimum atomic E-state index is -1.08. The number of aliphatic carboxylic acids is 1. The lowest BCUT2D eigenvalue weighted by atomic mass is 10.1. The van der Waals surface area contributed by atoms with Gasteiger partial charge in [-0.2, -0.15) is 0 Å². The van der Waals surface area contributed by atoms with Gasteiger partial charge in [-0.25, -0.2) is 0 Å². The Hall–Kier alpha value is -0.870. The summed E-state index contributed by atoms with van der Waals surface area (Å²) in [6.07, 6.45) is -0.893. The van der Waals surface area contributed by atoms with Crippen LogP contribution in [0.4, 0.5) is 0 Å². The van der Waals surface area contributed by atoms with Gasteiger partial charge < -0.3 is 15.3 Å². The molecule has 0 amide bonds. The molecule has 0 bridgehead atoms. The summed E-state index contributed by atoms with van der Waals surface area (Å²) in [7, 11) is 0. The fourth-order valence-electron chi connectivity index (χ4n) is 0.660. The topological polar surface area (TPSA) is 77.8 Å². The standard InChI is InChI=1S/C7H12O4/c1-2-5(8)3-6(9)4-7(10)11/h2,5-6,8-9H,1,3-4H2,(H,10,11). The molecule has 0 aliphatic heterocycles. The van der Waals surface area contributed by atoms with E-state index in [-0.39, 0.29) is 12.8 Å². The lowest BCUT2D eigenvalue weighted by molar-refractivity contribution is -0.139. The predicted octanol–water partition coefficient (Wildman–Crippen LogP) is -0.241. The van der Waals surface area contributed by atoms with Gasteiger partial charge in [-0.1, -0.05) is 6.08 Å². The van der Waals surface area contributed by atoms with Gasteiger partial charge in [-0.3, -0.25) is 4.79 Å². The summed E-state index contributed by atoms with van der Waals surface area (Å²) in [6, 6.07) is 0. The first-order valence-corrected chi connectivity index (χ1v) is 3.26. The van der Waals surface area contributed by atoms with Crippen LogP contribution in [0, 0.1) is 0 Å². The van der Waals surface area contributed by atoms with Gasteiger partial charge in [0.1, 0.15) is 0 Å². The monoisotopic (exact) mass is 160 g/mol. The SMILES string of the molecule is C=CC(O)CC(O)CC(=O)O. The zero-order valence-corrected chi connectivity index (χ0v) is 6.10. The number of carboxylic acid groups (broad SMARTS) is 1. The quantitative estimate of drug-likeness (QED) is 0.485. The highest BCUT2D eigenvalue weighted by molar-refractivity contribution is 5.67. The molecule has 0 aromatic heterocycles. The molecule has 0 aromatic rings. The molecule has 0 spiro atoms. The first-order valence-electron chi connectivity index (χ1n) is 3.26. The van der Waals surface area contributed by atoms with Crippen molar-refractivity contribution in [2.45, 2.75) is 25.0 Å². The molecule has 0 rings (SSSR count). The Balaban J connectivity index is 3.59. The van der Waals surface area contributed by atoms with Crippen LogP contribution in [0.3, 0.4) is 0 Å². The van der Waals surface area contributed by atoms with Crippen LogP contribution in [0.15, 0.2) is 12.7 Å². The maximum atomic E-state index is 10.0. The van der Waals surface area contributed by atoms with Gasteiger partial charge in [0, 0.05) is 6.42 Å². The molecule has 4 heteroatoms. The Labute approximate surface area is 64.8 Å². The van der Waals surface area contributed by atoms with E-state index in [1.807, 2.05) is 0 Å². The van der Waals surface area contributed by atoms with Crippen LogP contribution in [-0.2, 0) is 4.79 Å². The lowest BCUT2D eigenvalue weighted by Crippen LogP contribution is -2.18. The average Bonchev–Trinajstić information content (AvgIpc) is 1.85. The number of carboxylic acids is 1. The molecular weight excluding hydrogens is 148 g/mol. The average molecular weight is 160 g/mol. The van der Waals surface area contributed by atoms with Gasteiger partial charge in [0.2, 0.25) is 0 Å². The van der Waals surface area contributed by atoms with E-state index >= 15 is 0 Å². The second-order valence-corrected chi connectivity index (χ2v) is 2.29. The number of hydrogen-bond acceptors (Lipinski definition) is 3. The minimum absolute atomic E-state index is 0.0236. The highest BCUT2D eigenvalue weighted by Crippen LogP contribution is 2.02. The molecule has 3 N–H and O–H groups in total. The van der Waals surface area contributed by atoms with Gasteiger partial charge in [0.15, 0.2) is 0 Å². The van der Waals surface area contributed by atoms with Gasteiger partial charge in [0.25, 0.3) is 0 Å². The summed E-state index contributed by atoms with van der Waals surface area (Å²) in [5.41, 5.74) is 0. The van der Waals surface area contributed by atoms with Crippen molar-refractivity contribution in [3.8, 4) is 0 Å². The van der Waals surface area contributed by atoms with Crippen molar-refractivity contribution in [3.63, 3.8) is 0 Å². The van der Waals surface area contributed by atoms with Crippen molar-refractivity contribution in [3.05, 3.63) is 12.7 Å². The third-order valence-electron chi connectivity index (χ3n) is 1.20. The van der Waals surface area contributed by atoms with Crippen LogP contribution in [0.25, 0.3) is 0 Å². The molecular formula is C7H12O4. The van der Waals surface area contributed by atoms with Crippen molar-refractivity contribution in [1.82, 2.24) is 0 Å². The van der Waals surface area contributed by atoms with Crippen molar-refractivity contribution in [2.75, 3.05) is 0 Å². The van der Waals surface area contributed by atoms with Crippen LogP contribution in [0.5, 0.6) is 0 Å². The van der Waals surface area contributed by atoms with Crippen molar-refractivity contribution < 1.29 is 20.1 Å². The summed E-state index contributed by atoms with van der Waals surface area (Å²) in [6.45, 7) is 3.28. The molecule has 0 radical (unpaired) electrons. The Morgan fingerprint density at radius 1 is 1.55 bits per heavy atom. The first-order chi connectivity index (χ1) is 5.06. The van der Waals surface area contributed by atoms with Crippen LogP contribution >= 0.6 is 0 Å². The molecule has 0 aromatic carbocycles. The summed E-state index contributed by atoms with van der Waals surface area (Å²) < 4.78 is 0. The minimum Gasteiger partial charge on any atom is -0.481 e. The molecule has 0 heterocycles. The Kier molecular flexibility index (Phi) is 4.49. The normalized spacial score (nSPS) is 15.5. The van der Waals surface area contributed by atoms with Crippen molar-refractivity contribution in [2.24, 2.45) is 0 Å². The van der Waals surface area contributed by atoms with Gasteiger partial charge >= 0.3 is 5.97 Å². The zero-order chi connectivity index (χ0) is 8.85. The van der Waals surface area contributed by atoms with E-state index < -0.39 is 18.2 Å². The predicted molar refractivity (Wildman–Crippen MR) is 39.1 cm³/mol. The smallest absolute Gasteiger partial charge is 0.305 e.